The van der Waals surface area contributed by atoms with Gasteiger partial charge in [-0.1, -0.05) is 13.8 Å². The summed E-state index contributed by atoms with van der Waals surface area (Å²) < 4.78 is 30.7. The lowest BCUT2D eigenvalue weighted by Crippen LogP contribution is -2.40. The number of aliphatic hydroxyl groups excluding tert-OH is 1. The van der Waals surface area contributed by atoms with Crippen LogP contribution >= 0.6 is 0 Å². The Morgan fingerprint density at radius 1 is 1.38 bits per heavy atom. The predicted octanol–water partition coefficient (Wildman–Crippen LogP) is 0.349. The van der Waals surface area contributed by atoms with Gasteiger partial charge in [-0.2, -0.15) is 0 Å². The molecule has 0 amide bonds. The lowest BCUT2D eigenvalue weighted by atomic mass is 10.0. The van der Waals surface area contributed by atoms with Gasteiger partial charge in [0.05, 0.1) is 5.75 Å². The summed E-state index contributed by atoms with van der Waals surface area (Å²) in [6.07, 6.45) is 0.928. The number of sulfonamides is 1. The van der Waals surface area contributed by atoms with Crippen molar-refractivity contribution in [1.29, 1.82) is 0 Å². The molecule has 0 aliphatic heterocycles. The molecule has 0 bridgehead atoms. The summed E-state index contributed by atoms with van der Waals surface area (Å²) in [5.74, 6) is 0.236. The average molecular weight is 253 g/mol. The van der Waals surface area contributed by atoms with Crippen molar-refractivity contribution in [3.05, 3.63) is 0 Å². The van der Waals surface area contributed by atoms with Crippen LogP contribution in [0.25, 0.3) is 0 Å². The first-order valence-corrected chi connectivity index (χ1v) is 7.18. The zero-order chi connectivity index (χ0) is 12.6. The van der Waals surface area contributed by atoms with Crippen LogP contribution in [0.3, 0.4) is 0 Å². The van der Waals surface area contributed by atoms with Crippen molar-refractivity contribution in [1.82, 2.24) is 4.72 Å². The van der Waals surface area contributed by atoms with E-state index in [4.69, 9.17) is 9.84 Å². The number of hydrogen-bond donors (Lipinski definition) is 2. The minimum Gasteiger partial charge on any atom is -0.396 e. The van der Waals surface area contributed by atoms with Crippen LogP contribution in [0.5, 0.6) is 0 Å². The Morgan fingerprint density at radius 3 is 2.44 bits per heavy atom. The molecule has 0 heterocycles. The third kappa shape index (κ3) is 7.16. The van der Waals surface area contributed by atoms with E-state index >= 15 is 0 Å². The molecule has 0 aliphatic rings. The molecule has 1 atom stereocenters. The SMILES string of the molecule is COCCCS(=O)(=O)NC(CCO)C(C)C. The van der Waals surface area contributed by atoms with Crippen LogP contribution in [-0.4, -0.2) is 45.6 Å². The lowest BCUT2D eigenvalue weighted by molar-refractivity contribution is 0.199. The quantitative estimate of drug-likeness (QED) is 0.581. The largest absolute Gasteiger partial charge is 0.396 e. The van der Waals surface area contributed by atoms with Crippen LogP contribution in [-0.2, 0) is 14.8 Å². The van der Waals surface area contributed by atoms with Gasteiger partial charge >= 0.3 is 0 Å². The minimum atomic E-state index is -3.26. The molecule has 98 valence electrons. The fourth-order valence-corrected chi connectivity index (χ4v) is 2.82. The molecule has 0 aromatic rings. The van der Waals surface area contributed by atoms with Crippen molar-refractivity contribution in [3.63, 3.8) is 0 Å². The Morgan fingerprint density at radius 2 is 2.00 bits per heavy atom. The van der Waals surface area contributed by atoms with Gasteiger partial charge < -0.3 is 9.84 Å². The summed E-state index contributed by atoms with van der Waals surface area (Å²) in [7, 11) is -1.72. The molecular weight excluding hydrogens is 230 g/mol. The first kappa shape index (κ1) is 15.8. The summed E-state index contributed by atoms with van der Waals surface area (Å²) >= 11 is 0. The molecule has 0 aromatic carbocycles. The van der Waals surface area contributed by atoms with Crippen molar-refractivity contribution < 1.29 is 18.3 Å². The van der Waals surface area contributed by atoms with Gasteiger partial charge in [-0.3, -0.25) is 0 Å². The zero-order valence-electron chi connectivity index (χ0n) is 10.3. The molecule has 6 heteroatoms. The summed E-state index contributed by atoms with van der Waals surface area (Å²) in [6, 6.07) is -0.197. The number of methoxy groups -OCH3 is 1. The van der Waals surface area contributed by atoms with E-state index in [-0.39, 0.29) is 24.3 Å². The third-order valence-corrected chi connectivity index (χ3v) is 3.83. The summed E-state index contributed by atoms with van der Waals surface area (Å²) in [4.78, 5) is 0. The van der Waals surface area contributed by atoms with E-state index in [1.54, 1.807) is 7.11 Å². The van der Waals surface area contributed by atoms with E-state index in [0.717, 1.165) is 0 Å². The molecule has 0 rings (SSSR count). The number of aliphatic hydroxyl groups is 1. The van der Waals surface area contributed by atoms with Crippen LogP contribution in [0.2, 0.25) is 0 Å². The Balaban J connectivity index is 4.19. The zero-order valence-corrected chi connectivity index (χ0v) is 11.1. The average Bonchev–Trinajstić information content (AvgIpc) is 2.17. The molecule has 1 unspecified atom stereocenters. The molecule has 5 nitrogen and oxygen atoms in total. The van der Waals surface area contributed by atoms with E-state index < -0.39 is 10.0 Å². The van der Waals surface area contributed by atoms with E-state index in [2.05, 4.69) is 4.72 Å². The standard InChI is InChI=1S/C10H23NO4S/c1-9(2)10(5-6-12)11-16(13,14)8-4-7-15-3/h9-12H,4-8H2,1-3H3. The maximum absolute atomic E-state index is 11.6. The maximum Gasteiger partial charge on any atom is 0.211 e. The highest BCUT2D eigenvalue weighted by Crippen LogP contribution is 2.07. The summed E-state index contributed by atoms with van der Waals surface area (Å²) in [5.41, 5.74) is 0. The van der Waals surface area contributed by atoms with Gasteiger partial charge in [-0.05, 0) is 18.8 Å². The summed E-state index contributed by atoms with van der Waals surface area (Å²) in [6.45, 7) is 4.28. The van der Waals surface area contributed by atoms with E-state index in [9.17, 15) is 8.42 Å². The van der Waals surface area contributed by atoms with Gasteiger partial charge in [0.15, 0.2) is 0 Å². The number of rotatable bonds is 9. The normalized spacial score (nSPS) is 14.3. The highest BCUT2D eigenvalue weighted by atomic mass is 32.2. The smallest absolute Gasteiger partial charge is 0.211 e. The highest BCUT2D eigenvalue weighted by Gasteiger charge is 2.19. The highest BCUT2D eigenvalue weighted by molar-refractivity contribution is 7.89. The lowest BCUT2D eigenvalue weighted by Gasteiger charge is -2.21. The maximum atomic E-state index is 11.6. The van der Waals surface area contributed by atoms with Crippen LogP contribution < -0.4 is 4.72 Å². The second-order valence-electron chi connectivity index (χ2n) is 4.15. The van der Waals surface area contributed by atoms with Crippen LogP contribution in [0.15, 0.2) is 0 Å². The molecule has 0 fully saturated rings. The van der Waals surface area contributed by atoms with Gasteiger partial charge in [0.1, 0.15) is 0 Å². The Hall–Kier alpha value is -0.170. The third-order valence-electron chi connectivity index (χ3n) is 2.34. The number of hydrogen-bond acceptors (Lipinski definition) is 4. The van der Waals surface area contributed by atoms with Crippen LogP contribution in [0.1, 0.15) is 26.7 Å². The van der Waals surface area contributed by atoms with Gasteiger partial charge in [-0.15, -0.1) is 0 Å². The fourth-order valence-electron chi connectivity index (χ4n) is 1.35. The van der Waals surface area contributed by atoms with E-state index in [1.165, 1.54) is 0 Å². The summed E-state index contributed by atoms with van der Waals surface area (Å²) in [5, 5.41) is 8.84. The molecule has 16 heavy (non-hydrogen) atoms. The Bertz CT molecular complexity index is 264. The van der Waals surface area contributed by atoms with E-state index in [0.29, 0.717) is 19.4 Å². The van der Waals surface area contributed by atoms with Crippen LogP contribution in [0.4, 0.5) is 0 Å². The van der Waals surface area contributed by atoms with Crippen molar-refractivity contribution in [2.24, 2.45) is 5.92 Å². The molecule has 0 aromatic heterocycles. The number of nitrogens with one attached hydrogen (secondary N) is 1. The molecule has 0 saturated carbocycles. The van der Waals surface area contributed by atoms with Crippen molar-refractivity contribution in [3.8, 4) is 0 Å². The van der Waals surface area contributed by atoms with Crippen molar-refractivity contribution in [2.45, 2.75) is 32.7 Å². The Kier molecular flexibility index (Phi) is 7.91. The predicted molar refractivity (Wildman–Crippen MR) is 63.7 cm³/mol. The molecule has 2 N–H and O–H groups in total. The first-order chi connectivity index (χ1) is 7.43. The monoisotopic (exact) mass is 253 g/mol. The molecule has 0 saturated heterocycles. The Labute approximate surface area is 98.2 Å². The van der Waals surface area contributed by atoms with Crippen LogP contribution in [0, 0.1) is 5.92 Å². The minimum absolute atomic E-state index is 0.0105. The second kappa shape index (κ2) is 8.00. The topological polar surface area (TPSA) is 75.6 Å². The van der Waals surface area contributed by atoms with Crippen molar-refractivity contribution in [2.75, 3.05) is 26.1 Å². The van der Waals surface area contributed by atoms with E-state index in [1.807, 2.05) is 13.8 Å². The van der Waals surface area contributed by atoms with Gasteiger partial charge in [0.2, 0.25) is 10.0 Å². The van der Waals surface area contributed by atoms with Gasteiger partial charge in [0.25, 0.3) is 0 Å². The van der Waals surface area contributed by atoms with Gasteiger partial charge in [0, 0.05) is 26.4 Å². The first-order valence-electron chi connectivity index (χ1n) is 5.52. The molecule has 0 radical (unpaired) electrons. The van der Waals surface area contributed by atoms with Gasteiger partial charge in [-0.25, -0.2) is 13.1 Å². The fraction of sp³-hybridized carbons (Fsp3) is 1.00. The second-order valence-corrected chi connectivity index (χ2v) is 6.02. The molecule has 0 aliphatic carbocycles. The molecule has 0 spiro atoms. The van der Waals surface area contributed by atoms with Crippen molar-refractivity contribution >= 4 is 10.0 Å². The molecular formula is C10H23NO4S. The number of ether oxygens (including phenoxy) is 1.